The van der Waals surface area contributed by atoms with E-state index in [1.54, 1.807) is 18.2 Å². The molecule has 1 aromatic heterocycles. The monoisotopic (exact) mass is 408 g/mol. The highest BCUT2D eigenvalue weighted by Crippen LogP contribution is 2.36. The first kappa shape index (κ1) is 16.7. The molecule has 0 aliphatic carbocycles. The zero-order valence-electron chi connectivity index (χ0n) is 12.9. The fourth-order valence-corrected chi connectivity index (χ4v) is 2.92. The second kappa shape index (κ2) is 6.75. The Morgan fingerprint density at radius 1 is 1.12 bits per heavy atom. The summed E-state index contributed by atoms with van der Waals surface area (Å²) in [5.41, 5.74) is 1.75. The molecule has 2 aromatic carbocycles. The van der Waals surface area contributed by atoms with Crippen molar-refractivity contribution in [3.05, 3.63) is 51.6 Å². The molecule has 24 heavy (non-hydrogen) atoms. The van der Waals surface area contributed by atoms with Crippen LogP contribution < -0.4 is 14.8 Å². The molecular weight excluding hydrogens is 396 g/mol. The minimum absolute atomic E-state index is 0.295. The predicted molar refractivity (Wildman–Crippen MR) is 98.5 cm³/mol. The van der Waals surface area contributed by atoms with E-state index in [2.05, 4.69) is 26.2 Å². The molecule has 2 N–H and O–H groups in total. The lowest BCUT2D eigenvalue weighted by molar-refractivity contribution is 0.102. The average Bonchev–Trinajstić information content (AvgIpc) is 2.99. The van der Waals surface area contributed by atoms with Gasteiger partial charge in [-0.2, -0.15) is 0 Å². The Hall–Kier alpha value is -2.18. The van der Waals surface area contributed by atoms with Crippen molar-refractivity contribution >= 4 is 50.0 Å². The third-order valence-corrected chi connectivity index (χ3v) is 4.36. The van der Waals surface area contributed by atoms with Crippen LogP contribution in [0.5, 0.6) is 11.5 Å². The van der Waals surface area contributed by atoms with E-state index in [4.69, 9.17) is 21.1 Å². The molecule has 5 nitrogen and oxygen atoms in total. The van der Waals surface area contributed by atoms with Crippen molar-refractivity contribution in [2.24, 2.45) is 0 Å². The Morgan fingerprint density at radius 3 is 2.54 bits per heavy atom. The number of anilines is 1. The summed E-state index contributed by atoms with van der Waals surface area (Å²) in [6.45, 7) is 0. The zero-order chi connectivity index (χ0) is 17.3. The molecule has 1 amide bonds. The Bertz CT molecular complexity index is 924. The standard InChI is InChI=1S/C17H14BrClN2O3/c1-23-15-7-11(19)13(8-16(15)24-2)21-17(22)14-5-9-3-4-10(18)6-12(9)20-14/h3-8,20H,1-2H3,(H,21,22). The third-order valence-electron chi connectivity index (χ3n) is 3.55. The summed E-state index contributed by atoms with van der Waals surface area (Å²) in [6.07, 6.45) is 0. The van der Waals surface area contributed by atoms with Crippen LogP contribution in [0.2, 0.25) is 5.02 Å². The second-order valence-corrected chi connectivity index (χ2v) is 6.38. The Balaban J connectivity index is 1.90. The molecular formula is C17H14BrClN2O3. The van der Waals surface area contributed by atoms with Gasteiger partial charge >= 0.3 is 0 Å². The SMILES string of the molecule is COc1cc(Cl)c(NC(=O)c2cc3ccc(Br)cc3[nH]2)cc1OC. The highest BCUT2D eigenvalue weighted by Gasteiger charge is 2.15. The lowest BCUT2D eigenvalue weighted by Gasteiger charge is -2.12. The van der Waals surface area contributed by atoms with Crippen LogP contribution in [0.1, 0.15) is 10.5 Å². The van der Waals surface area contributed by atoms with E-state index < -0.39 is 0 Å². The molecule has 0 saturated heterocycles. The molecule has 7 heteroatoms. The predicted octanol–water partition coefficient (Wildman–Crippen LogP) is 4.85. The highest BCUT2D eigenvalue weighted by molar-refractivity contribution is 9.10. The Morgan fingerprint density at radius 2 is 1.83 bits per heavy atom. The number of carbonyl (C=O) groups is 1. The van der Waals surface area contributed by atoms with Crippen molar-refractivity contribution in [3.8, 4) is 11.5 Å². The molecule has 0 spiro atoms. The van der Waals surface area contributed by atoms with Gasteiger partial charge in [0.15, 0.2) is 11.5 Å². The Kier molecular flexibility index (Phi) is 4.69. The second-order valence-electron chi connectivity index (χ2n) is 5.06. The van der Waals surface area contributed by atoms with Crippen LogP contribution in [0.3, 0.4) is 0 Å². The van der Waals surface area contributed by atoms with Gasteiger partial charge in [-0.05, 0) is 18.2 Å². The van der Waals surface area contributed by atoms with Crippen molar-refractivity contribution in [1.82, 2.24) is 4.98 Å². The largest absolute Gasteiger partial charge is 0.493 e. The lowest BCUT2D eigenvalue weighted by Crippen LogP contribution is -2.12. The van der Waals surface area contributed by atoms with Gasteiger partial charge in [-0.3, -0.25) is 4.79 Å². The van der Waals surface area contributed by atoms with Crippen LogP contribution in [0.25, 0.3) is 10.9 Å². The number of aromatic amines is 1. The van der Waals surface area contributed by atoms with Gasteiger partial charge in [-0.1, -0.05) is 33.6 Å². The minimum atomic E-state index is -0.295. The summed E-state index contributed by atoms with van der Waals surface area (Å²) < 4.78 is 11.3. The van der Waals surface area contributed by atoms with E-state index in [9.17, 15) is 4.79 Å². The van der Waals surface area contributed by atoms with E-state index in [0.717, 1.165) is 15.4 Å². The fourth-order valence-electron chi connectivity index (χ4n) is 2.36. The lowest BCUT2D eigenvalue weighted by atomic mass is 10.2. The van der Waals surface area contributed by atoms with Crippen LogP contribution in [-0.4, -0.2) is 25.1 Å². The molecule has 3 aromatic rings. The average molecular weight is 410 g/mol. The first-order chi connectivity index (χ1) is 11.5. The number of nitrogens with one attached hydrogen (secondary N) is 2. The first-order valence-electron chi connectivity index (χ1n) is 7.03. The number of methoxy groups -OCH3 is 2. The number of halogens is 2. The molecule has 0 radical (unpaired) electrons. The summed E-state index contributed by atoms with van der Waals surface area (Å²) in [5.74, 6) is 0.685. The molecule has 0 atom stereocenters. The van der Waals surface area contributed by atoms with Gasteiger partial charge in [0.05, 0.1) is 24.9 Å². The molecule has 0 aliphatic heterocycles. The van der Waals surface area contributed by atoms with Gasteiger partial charge in [-0.25, -0.2) is 0 Å². The normalized spacial score (nSPS) is 10.7. The molecule has 1 heterocycles. The number of rotatable bonds is 4. The molecule has 0 unspecified atom stereocenters. The quantitative estimate of drug-likeness (QED) is 0.647. The van der Waals surface area contributed by atoms with Crippen LogP contribution in [-0.2, 0) is 0 Å². The van der Waals surface area contributed by atoms with Gasteiger partial charge in [0.25, 0.3) is 5.91 Å². The number of ether oxygens (including phenoxy) is 2. The maximum absolute atomic E-state index is 12.5. The maximum atomic E-state index is 12.5. The fraction of sp³-hybridized carbons (Fsp3) is 0.118. The van der Waals surface area contributed by atoms with E-state index >= 15 is 0 Å². The number of hydrogen-bond acceptors (Lipinski definition) is 3. The van der Waals surface area contributed by atoms with Crippen LogP contribution in [0.15, 0.2) is 40.9 Å². The molecule has 3 rings (SSSR count). The van der Waals surface area contributed by atoms with Gasteiger partial charge in [0.1, 0.15) is 5.69 Å². The highest BCUT2D eigenvalue weighted by atomic mass is 79.9. The van der Waals surface area contributed by atoms with E-state index in [0.29, 0.717) is 27.9 Å². The van der Waals surface area contributed by atoms with E-state index in [1.807, 2.05) is 18.2 Å². The third kappa shape index (κ3) is 3.20. The zero-order valence-corrected chi connectivity index (χ0v) is 15.3. The molecule has 0 bridgehead atoms. The summed E-state index contributed by atoms with van der Waals surface area (Å²) in [5, 5.41) is 4.09. The van der Waals surface area contributed by atoms with Gasteiger partial charge in [0, 0.05) is 27.5 Å². The molecule has 0 aliphatic rings. The van der Waals surface area contributed by atoms with Gasteiger partial charge < -0.3 is 19.8 Å². The van der Waals surface area contributed by atoms with Gasteiger partial charge in [0.2, 0.25) is 0 Å². The van der Waals surface area contributed by atoms with E-state index in [1.165, 1.54) is 14.2 Å². The summed E-state index contributed by atoms with van der Waals surface area (Å²) in [7, 11) is 3.04. The number of aromatic nitrogens is 1. The van der Waals surface area contributed by atoms with Crippen molar-refractivity contribution in [1.29, 1.82) is 0 Å². The number of benzene rings is 2. The number of H-pyrrole nitrogens is 1. The van der Waals surface area contributed by atoms with E-state index in [-0.39, 0.29) is 5.91 Å². The summed E-state index contributed by atoms with van der Waals surface area (Å²) in [4.78, 5) is 15.6. The van der Waals surface area contributed by atoms with Crippen LogP contribution in [0, 0.1) is 0 Å². The molecule has 0 saturated carbocycles. The number of hydrogen-bond donors (Lipinski definition) is 2. The minimum Gasteiger partial charge on any atom is -0.493 e. The van der Waals surface area contributed by atoms with Crippen molar-refractivity contribution < 1.29 is 14.3 Å². The summed E-state index contributed by atoms with van der Waals surface area (Å²) >= 11 is 9.61. The van der Waals surface area contributed by atoms with Crippen LogP contribution >= 0.6 is 27.5 Å². The first-order valence-corrected chi connectivity index (χ1v) is 8.20. The molecule has 124 valence electrons. The maximum Gasteiger partial charge on any atom is 0.272 e. The number of amides is 1. The summed E-state index contributed by atoms with van der Waals surface area (Å²) in [6, 6.07) is 10.8. The smallest absolute Gasteiger partial charge is 0.272 e. The number of fused-ring (bicyclic) bond motifs is 1. The topological polar surface area (TPSA) is 63.3 Å². The van der Waals surface area contributed by atoms with Crippen molar-refractivity contribution in [2.75, 3.05) is 19.5 Å². The van der Waals surface area contributed by atoms with Crippen LogP contribution in [0.4, 0.5) is 5.69 Å². The van der Waals surface area contributed by atoms with Gasteiger partial charge in [-0.15, -0.1) is 0 Å². The Labute approximate surface area is 152 Å². The van der Waals surface area contributed by atoms with Crippen molar-refractivity contribution in [3.63, 3.8) is 0 Å². The molecule has 0 fully saturated rings. The van der Waals surface area contributed by atoms with Crippen molar-refractivity contribution in [2.45, 2.75) is 0 Å². The number of carbonyl (C=O) groups excluding carboxylic acids is 1.